The second-order valence-corrected chi connectivity index (χ2v) is 8.93. The molecule has 2 spiro atoms. The molecule has 0 amide bonds. The quantitative estimate of drug-likeness (QED) is 0.496. The van der Waals surface area contributed by atoms with E-state index in [9.17, 15) is 10.1 Å². The lowest BCUT2D eigenvalue weighted by atomic mass is 9.73. The molecule has 0 unspecified atom stereocenters. The summed E-state index contributed by atoms with van der Waals surface area (Å²) >= 11 is 0. The third-order valence-electron chi connectivity index (χ3n) is 7.78. The molecular formula is C25H22N2O. The van der Waals surface area contributed by atoms with E-state index in [0.717, 1.165) is 73.0 Å². The van der Waals surface area contributed by atoms with Crippen molar-refractivity contribution in [2.24, 2.45) is 0 Å². The number of carbonyl (C=O) groups excluding carboxylic acids is 1. The Morgan fingerprint density at radius 3 is 2.21 bits per heavy atom. The number of hydrogen-bond donors (Lipinski definition) is 0. The van der Waals surface area contributed by atoms with Crippen molar-refractivity contribution < 1.29 is 4.79 Å². The molecule has 2 fully saturated rings. The highest BCUT2D eigenvalue weighted by atomic mass is 16.1. The number of hydrogen-bond acceptors (Lipinski definition) is 3. The predicted octanol–water partition coefficient (Wildman–Crippen LogP) is 5.47. The van der Waals surface area contributed by atoms with Crippen LogP contribution in [0.15, 0.2) is 36.5 Å². The summed E-state index contributed by atoms with van der Waals surface area (Å²) in [5, 5.41) is 12.8. The molecule has 28 heavy (non-hydrogen) atoms. The van der Waals surface area contributed by atoms with Gasteiger partial charge in [0, 0.05) is 22.4 Å². The van der Waals surface area contributed by atoms with E-state index in [1.54, 1.807) is 0 Å². The van der Waals surface area contributed by atoms with Gasteiger partial charge >= 0.3 is 0 Å². The Bertz CT molecular complexity index is 1200. The third-order valence-corrected chi connectivity index (χ3v) is 7.78. The number of benzene rings is 2. The lowest BCUT2D eigenvalue weighted by Gasteiger charge is -2.27. The van der Waals surface area contributed by atoms with Gasteiger partial charge < -0.3 is 0 Å². The minimum atomic E-state index is -0.351. The number of ketones is 1. The Labute approximate surface area is 164 Å². The Balaban J connectivity index is 1.80. The van der Waals surface area contributed by atoms with Crippen LogP contribution in [-0.4, -0.2) is 10.8 Å². The molecule has 138 valence electrons. The number of nitrogens with zero attached hydrogens (tertiary/aromatic N) is 2. The maximum absolute atomic E-state index is 14.0. The van der Waals surface area contributed by atoms with E-state index in [-0.39, 0.29) is 10.8 Å². The Kier molecular flexibility index (Phi) is 3.14. The first-order valence-corrected chi connectivity index (χ1v) is 10.5. The zero-order chi connectivity index (χ0) is 18.9. The molecular weight excluding hydrogens is 344 g/mol. The topological polar surface area (TPSA) is 53.8 Å². The number of Topliss-reactive ketones (excluding diaryl/α,β-unsaturated/α-hetero) is 1. The third kappa shape index (κ3) is 1.75. The Hall–Kier alpha value is -2.73. The summed E-state index contributed by atoms with van der Waals surface area (Å²) in [6, 6.07) is 12.4. The van der Waals surface area contributed by atoms with Crippen molar-refractivity contribution in [3.63, 3.8) is 0 Å². The van der Waals surface area contributed by atoms with E-state index in [4.69, 9.17) is 4.98 Å². The largest absolute Gasteiger partial charge is 0.298 e. The van der Waals surface area contributed by atoms with Crippen molar-refractivity contribution in [1.29, 1.82) is 5.26 Å². The van der Waals surface area contributed by atoms with Crippen LogP contribution in [0.3, 0.4) is 0 Å². The van der Waals surface area contributed by atoms with Gasteiger partial charge in [-0.15, -0.1) is 0 Å². The van der Waals surface area contributed by atoms with Crippen LogP contribution in [0.5, 0.6) is 0 Å². The number of carbonyl (C=O) groups is 1. The predicted molar refractivity (Wildman–Crippen MR) is 109 cm³/mol. The summed E-state index contributed by atoms with van der Waals surface area (Å²) in [6.45, 7) is 0. The molecule has 3 aliphatic rings. The molecule has 0 bridgehead atoms. The van der Waals surface area contributed by atoms with Gasteiger partial charge in [-0.05, 0) is 42.9 Å². The van der Waals surface area contributed by atoms with E-state index in [2.05, 4.69) is 12.1 Å². The lowest BCUT2D eigenvalue weighted by Crippen LogP contribution is -2.38. The van der Waals surface area contributed by atoms with E-state index >= 15 is 0 Å². The molecule has 2 saturated carbocycles. The summed E-state index contributed by atoms with van der Waals surface area (Å²) in [5.74, 6) is 0.464. The normalized spacial score (nSPS) is 21.8. The van der Waals surface area contributed by atoms with E-state index < -0.39 is 0 Å². The lowest BCUT2D eigenvalue weighted by molar-refractivity contribution is -0.128. The number of aromatic nitrogens is 1. The van der Waals surface area contributed by atoms with Gasteiger partial charge in [-0.2, -0.15) is 5.26 Å². The van der Waals surface area contributed by atoms with Gasteiger partial charge in [-0.1, -0.05) is 49.9 Å². The molecule has 0 saturated heterocycles. The first kappa shape index (κ1) is 16.2. The van der Waals surface area contributed by atoms with E-state index in [1.807, 2.05) is 30.5 Å². The van der Waals surface area contributed by atoms with Crippen LogP contribution >= 0.6 is 0 Å². The number of nitriles is 1. The summed E-state index contributed by atoms with van der Waals surface area (Å²) in [4.78, 5) is 18.9. The maximum atomic E-state index is 14.0. The van der Waals surface area contributed by atoms with Crippen molar-refractivity contribution in [1.82, 2.24) is 4.98 Å². The van der Waals surface area contributed by atoms with Crippen LogP contribution in [0.2, 0.25) is 0 Å². The summed E-state index contributed by atoms with van der Waals surface area (Å²) in [7, 11) is 0. The Morgan fingerprint density at radius 1 is 0.893 bits per heavy atom. The van der Waals surface area contributed by atoms with Gasteiger partial charge in [0.1, 0.15) is 0 Å². The van der Waals surface area contributed by atoms with Crippen LogP contribution < -0.4 is 0 Å². The highest BCUT2D eigenvalue weighted by Gasteiger charge is 2.61. The second kappa shape index (κ2) is 5.41. The summed E-state index contributed by atoms with van der Waals surface area (Å²) in [6.07, 6.45) is 10.3. The monoisotopic (exact) mass is 366 g/mol. The second-order valence-electron chi connectivity index (χ2n) is 8.93. The van der Waals surface area contributed by atoms with Crippen molar-refractivity contribution in [2.45, 2.75) is 62.2 Å². The number of rotatable bonds is 0. The van der Waals surface area contributed by atoms with Gasteiger partial charge in [-0.3, -0.25) is 9.78 Å². The highest BCUT2D eigenvalue weighted by Crippen LogP contribution is 2.61. The summed E-state index contributed by atoms with van der Waals surface area (Å²) in [5.41, 5.74) is 3.37. The Morgan fingerprint density at radius 2 is 1.54 bits per heavy atom. The van der Waals surface area contributed by atoms with Crippen LogP contribution in [0.1, 0.15) is 68.1 Å². The maximum Gasteiger partial charge on any atom is 0.153 e. The molecule has 3 aliphatic carbocycles. The average molecular weight is 366 g/mol. The smallest absolute Gasteiger partial charge is 0.153 e. The fraction of sp³-hybridized carbons (Fsp3) is 0.400. The fourth-order valence-corrected chi connectivity index (χ4v) is 6.62. The SMILES string of the molecule is N#Cc1cc2c3c(cnc2c2ccccc12)C1(CCCC1)C(=O)C31CCCC1. The van der Waals surface area contributed by atoms with Gasteiger partial charge in [0.15, 0.2) is 5.78 Å². The summed E-state index contributed by atoms with van der Waals surface area (Å²) < 4.78 is 0. The molecule has 3 nitrogen and oxygen atoms in total. The molecule has 0 atom stereocenters. The molecule has 1 heterocycles. The van der Waals surface area contributed by atoms with Crippen LogP contribution in [0.4, 0.5) is 0 Å². The van der Waals surface area contributed by atoms with Crippen molar-refractivity contribution >= 4 is 27.5 Å². The van der Waals surface area contributed by atoms with Crippen molar-refractivity contribution in [3.05, 3.63) is 53.2 Å². The molecule has 6 rings (SSSR count). The minimum absolute atomic E-state index is 0.320. The van der Waals surface area contributed by atoms with Crippen LogP contribution in [0.25, 0.3) is 21.7 Å². The molecule has 3 heteroatoms. The van der Waals surface area contributed by atoms with Gasteiger partial charge in [-0.25, -0.2) is 0 Å². The standard InChI is InChI=1S/C25H22N2O/c26-14-16-13-19-21-20(15-27-22(19)18-8-2-1-7-17(16)18)24(9-3-4-10-24)23(28)25(21)11-5-6-12-25/h1-2,7-8,13,15H,3-6,9-12H2. The molecule has 0 N–H and O–H groups in total. The first-order chi connectivity index (χ1) is 13.7. The fourth-order valence-electron chi connectivity index (χ4n) is 6.62. The van der Waals surface area contributed by atoms with Gasteiger partial charge in [0.2, 0.25) is 0 Å². The van der Waals surface area contributed by atoms with Crippen LogP contribution in [-0.2, 0) is 15.6 Å². The van der Waals surface area contributed by atoms with Crippen molar-refractivity contribution in [2.75, 3.05) is 0 Å². The molecule has 0 aliphatic heterocycles. The number of pyridine rings is 1. The molecule has 3 aromatic rings. The first-order valence-electron chi connectivity index (χ1n) is 10.5. The van der Waals surface area contributed by atoms with E-state index in [0.29, 0.717) is 11.3 Å². The van der Waals surface area contributed by atoms with Crippen molar-refractivity contribution in [3.8, 4) is 6.07 Å². The van der Waals surface area contributed by atoms with Gasteiger partial charge in [0.05, 0.1) is 28.0 Å². The zero-order valence-electron chi connectivity index (χ0n) is 15.9. The number of fused-ring (bicyclic) bond motifs is 7. The zero-order valence-corrected chi connectivity index (χ0v) is 15.9. The average Bonchev–Trinajstić information content (AvgIpc) is 3.46. The molecule has 2 aromatic carbocycles. The molecule has 1 aromatic heterocycles. The minimum Gasteiger partial charge on any atom is -0.298 e. The highest BCUT2D eigenvalue weighted by molar-refractivity contribution is 6.14. The van der Waals surface area contributed by atoms with Gasteiger partial charge in [0.25, 0.3) is 0 Å². The van der Waals surface area contributed by atoms with E-state index in [1.165, 1.54) is 11.1 Å². The molecule has 0 radical (unpaired) electrons. The van der Waals surface area contributed by atoms with Crippen LogP contribution in [0, 0.1) is 11.3 Å².